The average molecular weight is 391 g/mol. The van der Waals surface area contributed by atoms with E-state index in [4.69, 9.17) is 9.47 Å². The standard InChI is InChI=1S/C23H25N3O3/c1-16(2)22(18-8-9-20-21(12-18)29-11-10-28-20)25-23(27)19-13-24-26(15-19)14-17-6-4-3-5-7-17/h3-9,12-13,15-16,22H,10-11,14H2,1-2H3,(H,25,27). The number of nitrogens with one attached hydrogen (secondary N) is 1. The first-order chi connectivity index (χ1) is 14.1. The normalized spacial score (nSPS) is 13.9. The number of benzene rings is 2. The average Bonchev–Trinajstić information content (AvgIpc) is 3.20. The number of carbonyl (C=O) groups excluding carboxylic acids is 1. The van der Waals surface area contributed by atoms with Gasteiger partial charge in [-0.1, -0.05) is 50.2 Å². The van der Waals surface area contributed by atoms with E-state index in [2.05, 4.69) is 24.3 Å². The number of carbonyl (C=O) groups is 1. The van der Waals surface area contributed by atoms with Crippen LogP contribution in [-0.2, 0) is 6.54 Å². The summed E-state index contributed by atoms with van der Waals surface area (Å²) in [5.41, 5.74) is 2.68. The molecule has 150 valence electrons. The molecule has 2 aromatic carbocycles. The second-order valence-electron chi connectivity index (χ2n) is 7.51. The van der Waals surface area contributed by atoms with Crippen LogP contribution in [-0.4, -0.2) is 28.9 Å². The molecule has 0 saturated heterocycles. The summed E-state index contributed by atoms with van der Waals surface area (Å²) < 4.78 is 13.1. The summed E-state index contributed by atoms with van der Waals surface area (Å²) in [6.45, 7) is 5.89. The Morgan fingerprint density at radius 2 is 1.86 bits per heavy atom. The second kappa shape index (κ2) is 8.39. The summed E-state index contributed by atoms with van der Waals surface area (Å²) in [6.07, 6.45) is 3.39. The molecule has 0 saturated carbocycles. The fraction of sp³-hybridized carbons (Fsp3) is 0.304. The summed E-state index contributed by atoms with van der Waals surface area (Å²) in [5, 5.41) is 7.48. The van der Waals surface area contributed by atoms with E-state index in [-0.39, 0.29) is 17.9 Å². The van der Waals surface area contributed by atoms with Crippen molar-refractivity contribution in [3.8, 4) is 11.5 Å². The number of aromatic nitrogens is 2. The molecular formula is C23H25N3O3. The van der Waals surface area contributed by atoms with Gasteiger partial charge in [-0.15, -0.1) is 0 Å². The first kappa shape index (κ1) is 19.1. The predicted molar refractivity (Wildman–Crippen MR) is 110 cm³/mol. The molecule has 29 heavy (non-hydrogen) atoms. The minimum absolute atomic E-state index is 0.141. The molecule has 0 bridgehead atoms. The Hall–Kier alpha value is -3.28. The molecule has 1 aliphatic heterocycles. The van der Waals surface area contributed by atoms with Gasteiger partial charge in [0.1, 0.15) is 13.2 Å². The highest BCUT2D eigenvalue weighted by Crippen LogP contribution is 2.34. The van der Waals surface area contributed by atoms with Gasteiger partial charge in [0.25, 0.3) is 5.91 Å². The van der Waals surface area contributed by atoms with E-state index in [1.54, 1.807) is 17.1 Å². The molecule has 1 aromatic heterocycles. The van der Waals surface area contributed by atoms with Crippen LogP contribution in [0.2, 0.25) is 0 Å². The Morgan fingerprint density at radius 3 is 2.62 bits per heavy atom. The van der Waals surface area contributed by atoms with Crippen molar-refractivity contribution >= 4 is 5.91 Å². The minimum Gasteiger partial charge on any atom is -0.486 e. The maximum Gasteiger partial charge on any atom is 0.254 e. The van der Waals surface area contributed by atoms with Gasteiger partial charge in [0.05, 0.1) is 24.3 Å². The van der Waals surface area contributed by atoms with Crippen LogP contribution in [0.4, 0.5) is 0 Å². The molecule has 0 aliphatic carbocycles. The Labute approximate surface area is 170 Å². The Kier molecular flexibility index (Phi) is 5.51. The van der Waals surface area contributed by atoms with Crippen LogP contribution in [0.5, 0.6) is 11.5 Å². The van der Waals surface area contributed by atoms with Gasteiger partial charge in [0.15, 0.2) is 11.5 Å². The number of amides is 1. The molecule has 0 spiro atoms. The predicted octanol–water partition coefficient (Wildman–Crippen LogP) is 3.83. The molecule has 1 N–H and O–H groups in total. The zero-order valence-electron chi connectivity index (χ0n) is 16.7. The Bertz CT molecular complexity index is 982. The van der Waals surface area contributed by atoms with E-state index in [1.807, 2.05) is 48.5 Å². The van der Waals surface area contributed by atoms with E-state index < -0.39 is 0 Å². The molecule has 3 aromatic rings. The van der Waals surface area contributed by atoms with Gasteiger partial charge in [-0.2, -0.15) is 5.10 Å². The van der Waals surface area contributed by atoms with E-state index >= 15 is 0 Å². The summed E-state index contributed by atoms with van der Waals surface area (Å²) in [6, 6.07) is 15.8. The Balaban J connectivity index is 1.48. The van der Waals surface area contributed by atoms with Crippen LogP contribution in [0.1, 0.15) is 41.4 Å². The number of hydrogen-bond acceptors (Lipinski definition) is 4. The smallest absolute Gasteiger partial charge is 0.254 e. The third-order valence-corrected chi connectivity index (χ3v) is 4.96. The molecule has 1 aliphatic rings. The highest BCUT2D eigenvalue weighted by Gasteiger charge is 2.22. The van der Waals surface area contributed by atoms with E-state index in [0.29, 0.717) is 25.3 Å². The lowest BCUT2D eigenvalue weighted by molar-refractivity contribution is 0.0925. The third kappa shape index (κ3) is 4.42. The van der Waals surface area contributed by atoms with Gasteiger partial charge in [0.2, 0.25) is 0 Å². The third-order valence-electron chi connectivity index (χ3n) is 4.96. The van der Waals surface area contributed by atoms with Gasteiger partial charge in [0, 0.05) is 6.20 Å². The fourth-order valence-corrected chi connectivity index (χ4v) is 3.45. The largest absolute Gasteiger partial charge is 0.486 e. The van der Waals surface area contributed by atoms with Crippen molar-refractivity contribution in [1.29, 1.82) is 0 Å². The van der Waals surface area contributed by atoms with Crippen molar-refractivity contribution in [2.45, 2.75) is 26.4 Å². The molecule has 0 radical (unpaired) electrons. The summed E-state index contributed by atoms with van der Waals surface area (Å²) >= 11 is 0. The highest BCUT2D eigenvalue weighted by molar-refractivity contribution is 5.94. The molecule has 6 heteroatoms. The SMILES string of the molecule is CC(C)C(NC(=O)c1cnn(Cc2ccccc2)c1)c1ccc2c(c1)OCCO2. The number of fused-ring (bicyclic) bond motifs is 1. The van der Waals surface area contributed by atoms with Gasteiger partial charge in [-0.3, -0.25) is 9.48 Å². The van der Waals surface area contributed by atoms with Crippen molar-refractivity contribution in [2.24, 2.45) is 5.92 Å². The molecule has 4 rings (SSSR count). The second-order valence-corrected chi connectivity index (χ2v) is 7.51. The lowest BCUT2D eigenvalue weighted by atomic mass is 9.95. The van der Waals surface area contributed by atoms with E-state index in [0.717, 1.165) is 22.6 Å². The van der Waals surface area contributed by atoms with Crippen LogP contribution in [0.25, 0.3) is 0 Å². The highest BCUT2D eigenvalue weighted by atomic mass is 16.6. The topological polar surface area (TPSA) is 65.4 Å². The van der Waals surface area contributed by atoms with Crippen LogP contribution in [0, 0.1) is 5.92 Å². The lowest BCUT2D eigenvalue weighted by Crippen LogP contribution is -2.31. The maximum atomic E-state index is 12.9. The number of ether oxygens (including phenoxy) is 2. The first-order valence-electron chi connectivity index (χ1n) is 9.87. The summed E-state index contributed by atoms with van der Waals surface area (Å²) in [7, 11) is 0. The van der Waals surface area contributed by atoms with Crippen molar-refractivity contribution in [2.75, 3.05) is 13.2 Å². The van der Waals surface area contributed by atoms with Crippen LogP contribution in [0.3, 0.4) is 0 Å². The molecule has 6 nitrogen and oxygen atoms in total. The zero-order valence-corrected chi connectivity index (χ0v) is 16.7. The number of rotatable bonds is 6. The number of hydrogen-bond donors (Lipinski definition) is 1. The summed E-state index contributed by atoms with van der Waals surface area (Å²) in [4.78, 5) is 12.9. The fourth-order valence-electron chi connectivity index (χ4n) is 3.45. The quantitative estimate of drug-likeness (QED) is 0.694. The van der Waals surface area contributed by atoms with Gasteiger partial charge < -0.3 is 14.8 Å². The van der Waals surface area contributed by atoms with Crippen LogP contribution in [0.15, 0.2) is 60.9 Å². The molecular weight excluding hydrogens is 366 g/mol. The van der Waals surface area contributed by atoms with Crippen molar-refractivity contribution in [3.05, 3.63) is 77.6 Å². The molecule has 1 amide bonds. The van der Waals surface area contributed by atoms with Gasteiger partial charge in [-0.25, -0.2) is 0 Å². The number of nitrogens with zero attached hydrogens (tertiary/aromatic N) is 2. The van der Waals surface area contributed by atoms with Gasteiger partial charge >= 0.3 is 0 Å². The zero-order chi connectivity index (χ0) is 20.2. The molecule has 1 unspecified atom stereocenters. The lowest BCUT2D eigenvalue weighted by Gasteiger charge is -2.25. The first-order valence-corrected chi connectivity index (χ1v) is 9.87. The summed E-state index contributed by atoms with van der Waals surface area (Å²) in [5.74, 6) is 1.54. The Morgan fingerprint density at radius 1 is 1.10 bits per heavy atom. The minimum atomic E-state index is -0.143. The molecule has 0 fully saturated rings. The van der Waals surface area contributed by atoms with Crippen molar-refractivity contribution in [1.82, 2.24) is 15.1 Å². The maximum absolute atomic E-state index is 12.9. The van der Waals surface area contributed by atoms with Crippen LogP contribution < -0.4 is 14.8 Å². The molecule has 2 heterocycles. The van der Waals surface area contributed by atoms with E-state index in [1.165, 1.54) is 0 Å². The van der Waals surface area contributed by atoms with Crippen molar-refractivity contribution in [3.63, 3.8) is 0 Å². The monoisotopic (exact) mass is 391 g/mol. The van der Waals surface area contributed by atoms with Crippen molar-refractivity contribution < 1.29 is 14.3 Å². The van der Waals surface area contributed by atoms with E-state index in [9.17, 15) is 4.79 Å². The molecule has 1 atom stereocenters. The van der Waals surface area contributed by atoms with Gasteiger partial charge in [-0.05, 0) is 29.2 Å². The van der Waals surface area contributed by atoms with Crippen LogP contribution >= 0.6 is 0 Å².